The summed E-state index contributed by atoms with van der Waals surface area (Å²) in [4.78, 5) is 11.9. The minimum atomic E-state index is -0.379. The molecule has 3 heteroatoms. The number of carbonyl (C=O) groups is 1. The average molecular weight is 237 g/mol. The van der Waals surface area contributed by atoms with E-state index < -0.39 is 0 Å². The Bertz CT molecular complexity index is 291. The van der Waals surface area contributed by atoms with Crippen LogP contribution in [0.5, 0.6) is 0 Å². The first kappa shape index (κ1) is 11.5. The topological polar surface area (TPSA) is 52.3 Å². The fraction of sp³-hybridized carbons (Fsp3) is 0.929. The van der Waals surface area contributed by atoms with Gasteiger partial charge in [0, 0.05) is 0 Å². The first-order valence-electron chi connectivity index (χ1n) is 7.05. The SMILES string of the molecule is CCOC(=O)[C@@H](N)C12CC3CC(CC(C3)C1)C2. The second-order valence-corrected chi connectivity index (χ2v) is 6.51. The van der Waals surface area contributed by atoms with Gasteiger partial charge < -0.3 is 10.5 Å². The molecule has 96 valence electrons. The molecule has 0 aromatic carbocycles. The molecule has 4 saturated carbocycles. The number of hydrogen-bond acceptors (Lipinski definition) is 3. The molecule has 0 aliphatic heterocycles. The Morgan fingerprint density at radius 1 is 1.24 bits per heavy atom. The molecule has 4 aliphatic rings. The van der Waals surface area contributed by atoms with Crippen LogP contribution in [0.15, 0.2) is 0 Å². The number of carbonyl (C=O) groups excluding carboxylic acids is 1. The van der Waals surface area contributed by atoms with E-state index in [0.717, 1.165) is 17.8 Å². The predicted octanol–water partition coefficient (Wildman–Crippen LogP) is 2.09. The molecule has 0 aromatic heterocycles. The molecule has 0 radical (unpaired) electrons. The highest BCUT2D eigenvalue weighted by molar-refractivity contribution is 5.76. The lowest BCUT2D eigenvalue weighted by atomic mass is 9.48. The van der Waals surface area contributed by atoms with Crippen molar-refractivity contribution in [3.63, 3.8) is 0 Å². The van der Waals surface area contributed by atoms with Crippen molar-refractivity contribution in [3.05, 3.63) is 0 Å². The van der Waals surface area contributed by atoms with Crippen LogP contribution in [-0.4, -0.2) is 18.6 Å². The Hall–Kier alpha value is -0.570. The third-order valence-electron chi connectivity index (χ3n) is 5.29. The lowest BCUT2D eigenvalue weighted by molar-refractivity contribution is -0.155. The Labute approximate surface area is 103 Å². The number of ether oxygens (including phenoxy) is 1. The van der Waals surface area contributed by atoms with Crippen molar-refractivity contribution in [1.82, 2.24) is 0 Å². The van der Waals surface area contributed by atoms with E-state index in [9.17, 15) is 4.79 Å². The average Bonchev–Trinajstić information content (AvgIpc) is 2.26. The van der Waals surface area contributed by atoms with E-state index in [4.69, 9.17) is 10.5 Å². The van der Waals surface area contributed by atoms with E-state index in [1.165, 1.54) is 38.5 Å². The zero-order valence-electron chi connectivity index (χ0n) is 10.7. The van der Waals surface area contributed by atoms with Crippen molar-refractivity contribution < 1.29 is 9.53 Å². The zero-order valence-corrected chi connectivity index (χ0v) is 10.7. The summed E-state index contributed by atoms with van der Waals surface area (Å²) in [5.74, 6) is 2.33. The van der Waals surface area contributed by atoms with E-state index in [2.05, 4.69) is 0 Å². The van der Waals surface area contributed by atoms with Gasteiger partial charge in [-0.2, -0.15) is 0 Å². The van der Waals surface area contributed by atoms with Gasteiger partial charge in [0.15, 0.2) is 0 Å². The monoisotopic (exact) mass is 237 g/mol. The Balaban J connectivity index is 1.79. The molecule has 4 aliphatic carbocycles. The maximum Gasteiger partial charge on any atom is 0.323 e. The minimum absolute atomic E-state index is 0.0843. The van der Waals surface area contributed by atoms with Crippen LogP contribution in [0.3, 0.4) is 0 Å². The van der Waals surface area contributed by atoms with Gasteiger partial charge >= 0.3 is 5.97 Å². The summed E-state index contributed by atoms with van der Waals surface area (Å²) in [5, 5.41) is 0. The predicted molar refractivity (Wildman–Crippen MR) is 65.2 cm³/mol. The van der Waals surface area contributed by atoms with Crippen LogP contribution in [0.4, 0.5) is 0 Å². The van der Waals surface area contributed by atoms with Gasteiger partial charge in [-0.05, 0) is 68.6 Å². The minimum Gasteiger partial charge on any atom is -0.465 e. The van der Waals surface area contributed by atoms with Crippen molar-refractivity contribution in [1.29, 1.82) is 0 Å². The molecule has 4 fully saturated rings. The Morgan fingerprint density at radius 3 is 2.12 bits per heavy atom. The van der Waals surface area contributed by atoms with Crippen LogP contribution in [0.2, 0.25) is 0 Å². The van der Waals surface area contributed by atoms with Crippen LogP contribution >= 0.6 is 0 Å². The first-order valence-corrected chi connectivity index (χ1v) is 7.05. The molecular weight excluding hydrogens is 214 g/mol. The van der Waals surface area contributed by atoms with Crippen molar-refractivity contribution >= 4 is 5.97 Å². The largest absolute Gasteiger partial charge is 0.465 e. The number of rotatable bonds is 3. The van der Waals surface area contributed by atoms with Crippen molar-refractivity contribution in [2.24, 2.45) is 28.9 Å². The van der Waals surface area contributed by atoms with Gasteiger partial charge in [0.2, 0.25) is 0 Å². The molecule has 2 N–H and O–H groups in total. The van der Waals surface area contributed by atoms with Gasteiger partial charge in [0.25, 0.3) is 0 Å². The summed E-state index contributed by atoms with van der Waals surface area (Å²) in [6.45, 7) is 2.29. The van der Waals surface area contributed by atoms with E-state index in [-0.39, 0.29) is 17.4 Å². The van der Waals surface area contributed by atoms with Crippen LogP contribution in [0.25, 0.3) is 0 Å². The standard InChI is InChI=1S/C14H23NO2/c1-2-17-13(16)12(15)14-6-9-3-10(7-14)5-11(4-9)8-14/h9-12H,2-8,15H2,1H3/t9?,10?,11?,12-,14?/m1/s1. The lowest BCUT2D eigenvalue weighted by Crippen LogP contribution is -2.57. The van der Waals surface area contributed by atoms with Crippen molar-refractivity contribution in [2.45, 2.75) is 51.5 Å². The van der Waals surface area contributed by atoms with Gasteiger partial charge in [-0.3, -0.25) is 4.79 Å². The molecule has 0 unspecified atom stereocenters. The molecule has 0 saturated heterocycles. The molecule has 4 rings (SSSR count). The molecule has 0 heterocycles. The van der Waals surface area contributed by atoms with Gasteiger partial charge in [-0.25, -0.2) is 0 Å². The highest BCUT2D eigenvalue weighted by atomic mass is 16.5. The van der Waals surface area contributed by atoms with Crippen LogP contribution in [-0.2, 0) is 9.53 Å². The van der Waals surface area contributed by atoms with E-state index in [1.54, 1.807) is 0 Å². The number of esters is 1. The molecule has 0 aromatic rings. The van der Waals surface area contributed by atoms with Crippen LogP contribution < -0.4 is 5.73 Å². The Morgan fingerprint density at radius 2 is 1.71 bits per heavy atom. The highest BCUT2D eigenvalue weighted by Gasteiger charge is 2.55. The summed E-state index contributed by atoms with van der Waals surface area (Å²) in [6, 6.07) is -0.379. The second-order valence-electron chi connectivity index (χ2n) is 6.51. The third kappa shape index (κ3) is 1.79. The third-order valence-corrected chi connectivity index (χ3v) is 5.29. The normalized spacial score (nSPS) is 44.7. The van der Waals surface area contributed by atoms with Crippen LogP contribution in [0, 0.1) is 23.2 Å². The molecule has 3 nitrogen and oxygen atoms in total. The van der Waals surface area contributed by atoms with E-state index >= 15 is 0 Å². The zero-order chi connectivity index (χ0) is 12.0. The molecule has 17 heavy (non-hydrogen) atoms. The van der Waals surface area contributed by atoms with Gasteiger partial charge in [-0.1, -0.05) is 0 Å². The summed E-state index contributed by atoms with van der Waals surface area (Å²) in [6.07, 6.45) is 7.65. The number of nitrogens with two attached hydrogens (primary N) is 1. The maximum atomic E-state index is 11.9. The number of hydrogen-bond donors (Lipinski definition) is 1. The van der Waals surface area contributed by atoms with Crippen molar-refractivity contribution in [2.75, 3.05) is 6.61 Å². The van der Waals surface area contributed by atoms with E-state index in [0.29, 0.717) is 6.61 Å². The lowest BCUT2D eigenvalue weighted by Gasteiger charge is -2.58. The molecule has 0 spiro atoms. The summed E-state index contributed by atoms with van der Waals surface area (Å²) in [5.41, 5.74) is 6.31. The summed E-state index contributed by atoms with van der Waals surface area (Å²) < 4.78 is 5.13. The second kappa shape index (κ2) is 3.98. The highest BCUT2D eigenvalue weighted by Crippen LogP contribution is 2.61. The molecule has 4 bridgehead atoms. The van der Waals surface area contributed by atoms with E-state index in [1.807, 2.05) is 6.92 Å². The fourth-order valence-electron chi connectivity index (χ4n) is 5.04. The molecular formula is C14H23NO2. The summed E-state index contributed by atoms with van der Waals surface area (Å²) >= 11 is 0. The van der Waals surface area contributed by atoms with Crippen LogP contribution in [0.1, 0.15) is 45.4 Å². The smallest absolute Gasteiger partial charge is 0.323 e. The Kier molecular flexibility index (Phi) is 2.69. The maximum absolute atomic E-state index is 11.9. The summed E-state index contributed by atoms with van der Waals surface area (Å²) in [7, 11) is 0. The van der Waals surface area contributed by atoms with Gasteiger partial charge in [0.1, 0.15) is 6.04 Å². The van der Waals surface area contributed by atoms with Gasteiger partial charge in [0.05, 0.1) is 6.61 Å². The fourth-order valence-corrected chi connectivity index (χ4v) is 5.04. The molecule has 0 amide bonds. The first-order chi connectivity index (χ1) is 8.13. The van der Waals surface area contributed by atoms with Gasteiger partial charge in [-0.15, -0.1) is 0 Å². The molecule has 1 atom stereocenters. The quantitative estimate of drug-likeness (QED) is 0.765. The van der Waals surface area contributed by atoms with Crippen molar-refractivity contribution in [3.8, 4) is 0 Å².